The summed E-state index contributed by atoms with van der Waals surface area (Å²) in [5.41, 5.74) is 2.30. The number of ketones is 1. The van der Waals surface area contributed by atoms with E-state index in [9.17, 15) is 14.4 Å². The van der Waals surface area contributed by atoms with Gasteiger partial charge in [0.05, 0.1) is 7.11 Å². The van der Waals surface area contributed by atoms with Crippen LogP contribution in [-0.4, -0.2) is 30.8 Å². The molecule has 1 saturated carbocycles. The highest BCUT2D eigenvalue weighted by atomic mass is 16.5. The average Bonchev–Trinajstić information content (AvgIpc) is 2.53. The van der Waals surface area contributed by atoms with Crippen LogP contribution in [0.2, 0.25) is 0 Å². The SMILES string of the molecule is COC(=O)C1CC2C(=O)CC(c3cccc(C)c3)CC2NC1=O. The smallest absolute Gasteiger partial charge is 0.318 e. The lowest BCUT2D eigenvalue weighted by atomic mass is 9.69. The van der Waals surface area contributed by atoms with Gasteiger partial charge in [-0.15, -0.1) is 0 Å². The number of piperidine rings is 1. The molecular formula is C18H21NO4. The summed E-state index contributed by atoms with van der Waals surface area (Å²) in [6.07, 6.45) is 1.47. The molecule has 1 saturated heterocycles. The number of carbonyl (C=O) groups is 3. The molecule has 0 spiro atoms. The Labute approximate surface area is 135 Å². The molecule has 4 atom stereocenters. The Hall–Kier alpha value is -2.17. The molecule has 5 nitrogen and oxygen atoms in total. The summed E-state index contributed by atoms with van der Waals surface area (Å²) in [5, 5.41) is 2.87. The molecule has 1 heterocycles. The third-order valence-electron chi connectivity index (χ3n) is 5.02. The normalized spacial score (nSPS) is 30.3. The Morgan fingerprint density at radius 2 is 2.04 bits per heavy atom. The lowest BCUT2D eigenvalue weighted by molar-refractivity contribution is -0.154. The maximum atomic E-state index is 12.6. The number of carbonyl (C=O) groups excluding carboxylic acids is 3. The maximum Gasteiger partial charge on any atom is 0.318 e. The first-order chi connectivity index (χ1) is 11.0. The molecule has 5 heteroatoms. The van der Waals surface area contributed by atoms with Gasteiger partial charge in [0, 0.05) is 18.4 Å². The zero-order valence-corrected chi connectivity index (χ0v) is 13.4. The van der Waals surface area contributed by atoms with Gasteiger partial charge in [-0.05, 0) is 31.2 Å². The second-order valence-corrected chi connectivity index (χ2v) is 6.55. The van der Waals surface area contributed by atoms with E-state index in [0.29, 0.717) is 6.42 Å². The average molecular weight is 315 g/mol. The highest BCUT2D eigenvalue weighted by molar-refractivity contribution is 6.00. The second-order valence-electron chi connectivity index (χ2n) is 6.55. The van der Waals surface area contributed by atoms with Crippen LogP contribution in [0.1, 0.15) is 36.3 Å². The summed E-state index contributed by atoms with van der Waals surface area (Å²) >= 11 is 0. The lowest BCUT2D eigenvalue weighted by Crippen LogP contribution is -2.56. The van der Waals surface area contributed by atoms with Crippen molar-refractivity contribution in [2.45, 2.75) is 38.1 Å². The quantitative estimate of drug-likeness (QED) is 0.666. The minimum atomic E-state index is -0.860. The third kappa shape index (κ3) is 3.00. The van der Waals surface area contributed by atoms with Crippen molar-refractivity contribution in [2.24, 2.45) is 11.8 Å². The number of rotatable bonds is 2. The van der Waals surface area contributed by atoms with Gasteiger partial charge in [0.15, 0.2) is 0 Å². The van der Waals surface area contributed by atoms with Gasteiger partial charge in [-0.2, -0.15) is 0 Å². The summed E-state index contributed by atoms with van der Waals surface area (Å²) in [6, 6.07) is 7.97. The van der Waals surface area contributed by atoms with E-state index in [1.54, 1.807) is 0 Å². The molecule has 1 aromatic carbocycles. The number of ether oxygens (including phenoxy) is 1. The first-order valence-corrected chi connectivity index (χ1v) is 7.97. The number of aryl methyl sites for hydroxylation is 1. The molecule has 0 bridgehead atoms. The van der Waals surface area contributed by atoms with E-state index in [4.69, 9.17) is 0 Å². The first kappa shape index (κ1) is 15.7. The predicted octanol–water partition coefficient (Wildman–Crippen LogP) is 1.74. The number of hydrogen-bond donors (Lipinski definition) is 1. The Kier molecular flexibility index (Phi) is 4.20. The fourth-order valence-corrected chi connectivity index (χ4v) is 3.80. The van der Waals surface area contributed by atoms with Crippen LogP contribution in [0, 0.1) is 18.8 Å². The van der Waals surface area contributed by atoms with E-state index in [1.165, 1.54) is 7.11 Å². The Bertz CT molecular complexity index is 654. The van der Waals surface area contributed by atoms with Crippen LogP contribution in [0.5, 0.6) is 0 Å². The fourth-order valence-electron chi connectivity index (χ4n) is 3.80. The van der Waals surface area contributed by atoms with Crippen LogP contribution in [-0.2, 0) is 19.1 Å². The Balaban J connectivity index is 1.78. The molecule has 2 aliphatic rings. The van der Waals surface area contributed by atoms with Crippen LogP contribution < -0.4 is 5.32 Å². The van der Waals surface area contributed by atoms with Crippen molar-refractivity contribution >= 4 is 17.7 Å². The van der Waals surface area contributed by atoms with Crippen LogP contribution >= 0.6 is 0 Å². The number of nitrogens with one attached hydrogen (secondary N) is 1. The second kappa shape index (κ2) is 6.14. The van der Waals surface area contributed by atoms with Gasteiger partial charge in [0.25, 0.3) is 0 Å². The first-order valence-electron chi connectivity index (χ1n) is 7.97. The summed E-state index contributed by atoms with van der Waals surface area (Å²) in [4.78, 5) is 36.4. The number of hydrogen-bond acceptors (Lipinski definition) is 4. The topological polar surface area (TPSA) is 72.5 Å². The molecule has 2 fully saturated rings. The largest absolute Gasteiger partial charge is 0.468 e. The fraction of sp³-hybridized carbons (Fsp3) is 0.500. The van der Waals surface area contributed by atoms with Gasteiger partial charge in [0.2, 0.25) is 5.91 Å². The zero-order valence-electron chi connectivity index (χ0n) is 13.4. The van der Waals surface area contributed by atoms with Gasteiger partial charge >= 0.3 is 5.97 Å². The van der Waals surface area contributed by atoms with Gasteiger partial charge in [-0.3, -0.25) is 14.4 Å². The van der Waals surface area contributed by atoms with E-state index >= 15 is 0 Å². The van der Waals surface area contributed by atoms with Crippen molar-refractivity contribution in [3.05, 3.63) is 35.4 Å². The van der Waals surface area contributed by atoms with Crippen LogP contribution in [0.15, 0.2) is 24.3 Å². The van der Waals surface area contributed by atoms with Crippen molar-refractivity contribution < 1.29 is 19.1 Å². The molecule has 1 aliphatic carbocycles. The van der Waals surface area contributed by atoms with Gasteiger partial charge < -0.3 is 10.1 Å². The van der Waals surface area contributed by atoms with Crippen molar-refractivity contribution in [2.75, 3.05) is 7.11 Å². The molecule has 4 unspecified atom stereocenters. The zero-order chi connectivity index (χ0) is 16.6. The standard InChI is InChI=1S/C18H21NO4/c1-10-4-3-5-11(6-10)12-7-15-13(16(20)8-12)9-14(17(21)19-15)18(22)23-2/h3-6,12-15H,7-9H2,1-2H3,(H,19,21). The molecule has 23 heavy (non-hydrogen) atoms. The number of benzene rings is 1. The highest BCUT2D eigenvalue weighted by Gasteiger charge is 2.46. The number of amides is 1. The van der Waals surface area contributed by atoms with Crippen molar-refractivity contribution in [1.82, 2.24) is 5.32 Å². The third-order valence-corrected chi connectivity index (χ3v) is 5.02. The van der Waals surface area contributed by atoms with Crippen LogP contribution in [0.4, 0.5) is 0 Å². The lowest BCUT2D eigenvalue weighted by Gasteiger charge is -2.40. The van der Waals surface area contributed by atoms with E-state index in [2.05, 4.69) is 16.1 Å². The Morgan fingerprint density at radius 3 is 2.74 bits per heavy atom. The minimum Gasteiger partial charge on any atom is -0.468 e. The molecule has 0 radical (unpaired) electrons. The summed E-state index contributed by atoms with van der Waals surface area (Å²) in [6.45, 7) is 2.03. The van der Waals surface area contributed by atoms with Gasteiger partial charge in [-0.1, -0.05) is 29.8 Å². The predicted molar refractivity (Wildman–Crippen MR) is 83.7 cm³/mol. The van der Waals surface area contributed by atoms with E-state index in [-0.39, 0.29) is 36.0 Å². The van der Waals surface area contributed by atoms with Crippen molar-refractivity contribution in [3.8, 4) is 0 Å². The van der Waals surface area contributed by atoms with E-state index < -0.39 is 11.9 Å². The van der Waals surface area contributed by atoms with Gasteiger partial charge in [-0.25, -0.2) is 0 Å². The van der Waals surface area contributed by atoms with Crippen molar-refractivity contribution in [1.29, 1.82) is 0 Å². The van der Waals surface area contributed by atoms with Gasteiger partial charge in [0.1, 0.15) is 11.7 Å². The maximum absolute atomic E-state index is 12.6. The molecule has 3 rings (SSSR count). The van der Waals surface area contributed by atoms with Crippen molar-refractivity contribution in [3.63, 3.8) is 0 Å². The number of Topliss-reactive ketones (excluding diaryl/α,β-unsaturated/α-hetero) is 1. The van der Waals surface area contributed by atoms with Crippen LogP contribution in [0.25, 0.3) is 0 Å². The summed E-state index contributed by atoms with van der Waals surface area (Å²) in [7, 11) is 1.26. The number of fused-ring (bicyclic) bond motifs is 1. The molecular weight excluding hydrogens is 294 g/mol. The Morgan fingerprint density at radius 1 is 1.26 bits per heavy atom. The molecule has 1 amide bonds. The number of methoxy groups -OCH3 is 1. The highest BCUT2D eigenvalue weighted by Crippen LogP contribution is 2.39. The van der Waals surface area contributed by atoms with E-state index in [1.807, 2.05) is 25.1 Å². The van der Waals surface area contributed by atoms with E-state index in [0.717, 1.165) is 17.5 Å². The molecule has 122 valence electrons. The molecule has 1 N–H and O–H groups in total. The molecule has 1 aromatic rings. The minimum absolute atomic E-state index is 0.124. The molecule has 1 aliphatic heterocycles. The summed E-state index contributed by atoms with van der Waals surface area (Å²) < 4.78 is 4.67. The molecule has 0 aromatic heterocycles. The summed E-state index contributed by atoms with van der Waals surface area (Å²) in [5.74, 6) is -1.77. The van der Waals surface area contributed by atoms with Crippen LogP contribution in [0.3, 0.4) is 0 Å². The monoisotopic (exact) mass is 315 g/mol. The number of esters is 1.